The fourth-order valence-corrected chi connectivity index (χ4v) is 4.61. The van der Waals surface area contributed by atoms with E-state index in [2.05, 4.69) is 22.4 Å². The molecule has 0 unspecified atom stereocenters. The highest BCUT2D eigenvalue weighted by atomic mass is 32.2. The summed E-state index contributed by atoms with van der Waals surface area (Å²) in [4.78, 5) is 19.9. The molecule has 2 heterocycles. The number of hydrogen-bond donors (Lipinski definition) is 1. The molecule has 1 amide bonds. The molecule has 0 bridgehead atoms. The molecule has 118 valence electrons. The summed E-state index contributed by atoms with van der Waals surface area (Å²) in [5, 5.41) is 5.92. The Labute approximate surface area is 147 Å². The van der Waals surface area contributed by atoms with E-state index < -0.39 is 0 Å². The van der Waals surface area contributed by atoms with Crippen LogP contribution in [0.5, 0.6) is 0 Å². The maximum Gasteiger partial charge on any atom is 0.263 e. The summed E-state index contributed by atoms with van der Waals surface area (Å²) in [6.07, 6.45) is 0. The van der Waals surface area contributed by atoms with Crippen LogP contribution < -0.4 is 5.32 Å². The van der Waals surface area contributed by atoms with E-state index in [-0.39, 0.29) is 5.91 Å². The second-order valence-corrected chi connectivity index (χ2v) is 7.94. The van der Waals surface area contributed by atoms with Gasteiger partial charge in [-0.15, -0.1) is 34.4 Å². The van der Waals surface area contributed by atoms with Gasteiger partial charge in [0.05, 0.1) is 10.6 Å². The number of benzene rings is 1. The van der Waals surface area contributed by atoms with Crippen LogP contribution in [0.3, 0.4) is 0 Å². The van der Waals surface area contributed by atoms with Gasteiger partial charge in [-0.1, -0.05) is 24.3 Å². The number of thioether (sulfide) groups is 1. The van der Waals surface area contributed by atoms with Gasteiger partial charge in [0.25, 0.3) is 5.91 Å². The van der Waals surface area contributed by atoms with E-state index >= 15 is 0 Å². The van der Waals surface area contributed by atoms with Crippen LogP contribution in [0.2, 0.25) is 0 Å². The molecule has 0 aliphatic carbocycles. The smallest absolute Gasteiger partial charge is 0.263 e. The number of hydrogen-bond acceptors (Lipinski definition) is 5. The molecule has 2 aromatic heterocycles. The van der Waals surface area contributed by atoms with Crippen molar-refractivity contribution in [3.63, 3.8) is 0 Å². The Morgan fingerprint density at radius 3 is 2.78 bits per heavy atom. The third-order valence-electron chi connectivity index (χ3n) is 3.13. The SMILES string of the molecule is Cc1nc(-c2cccs2)sc1C(=O)NCCSc1ccccc1. The molecule has 0 fully saturated rings. The molecule has 3 aromatic rings. The average molecular weight is 361 g/mol. The van der Waals surface area contributed by atoms with Crippen molar-refractivity contribution in [2.75, 3.05) is 12.3 Å². The zero-order chi connectivity index (χ0) is 16.1. The minimum absolute atomic E-state index is 0.0310. The lowest BCUT2D eigenvalue weighted by atomic mass is 10.3. The Balaban J connectivity index is 1.54. The number of nitrogens with one attached hydrogen (secondary N) is 1. The van der Waals surface area contributed by atoms with E-state index in [1.165, 1.54) is 16.2 Å². The van der Waals surface area contributed by atoms with Crippen LogP contribution in [0.25, 0.3) is 9.88 Å². The Kier molecular flexibility index (Phi) is 5.48. The molecule has 0 aliphatic heterocycles. The summed E-state index contributed by atoms with van der Waals surface area (Å²) < 4.78 is 0. The van der Waals surface area contributed by atoms with Gasteiger partial charge in [0.15, 0.2) is 0 Å². The number of thiophene rings is 1. The number of rotatable bonds is 6. The Morgan fingerprint density at radius 2 is 2.04 bits per heavy atom. The summed E-state index contributed by atoms with van der Waals surface area (Å²) >= 11 is 4.84. The second-order valence-electron chi connectivity index (χ2n) is 4.83. The van der Waals surface area contributed by atoms with Gasteiger partial charge in [-0.3, -0.25) is 4.79 Å². The lowest BCUT2D eigenvalue weighted by Crippen LogP contribution is -2.25. The largest absolute Gasteiger partial charge is 0.350 e. The summed E-state index contributed by atoms with van der Waals surface area (Å²) in [5.74, 6) is 0.822. The van der Waals surface area contributed by atoms with Crippen molar-refractivity contribution in [3.05, 3.63) is 58.4 Å². The third-order valence-corrected chi connectivity index (χ3v) is 6.34. The predicted molar refractivity (Wildman–Crippen MR) is 99.7 cm³/mol. The van der Waals surface area contributed by atoms with E-state index in [1.54, 1.807) is 23.1 Å². The summed E-state index contributed by atoms with van der Waals surface area (Å²) in [5.41, 5.74) is 0.798. The number of carbonyl (C=O) groups excluding carboxylic acids is 1. The van der Waals surface area contributed by atoms with Gasteiger partial charge >= 0.3 is 0 Å². The molecule has 0 aliphatic rings. The molecular weight excluding hydrogens is 344 g/mol. The Hall–Kier alpha value is -1.63. The van der Waals surface area contributed by atoms with Crippen molar-refractivity contribution in [2.45, 2.75) is 11.8 Å². The van der Waals surface area contributed by atoms with E-state index in [4.69, 9.17) is 0 Å². The lowest BCUT2D eigenvalue weighted by Gasteiger charge is -2.04. The maximum atomic E-state index is 12.3. The van der Waals surface area contributed by atoms with E-state index in [9.17, 15) is 4.79 Å². The highest BCUT2D eigenvalue weighted by Gasteiger charge is 2.16. The van der Waals surface area contributed by atoms with E-state index in [0.29, 0.717) is 11.4 Å². The predicted octanol–water partition coefficient (Wildman–Crippen LogP) is 4.70. The van der Waals surface area contributed by atoms with Gasteiger partial charge in [0.2, 0.25) is 0 Å². The van der Waals surface area contributed by atoms with Crippen molar-refractivity contribution >= 4 is 40.3 Å². The first-order chi connectivity index (χ1) is 11.2. The number of nitrogens with zero attached hydrogens (tertiary/aromatic N) is 1. The second kappa shape index (κ2) is 7.77. The van der Waals surface area contributed by atoms with Gasteiger partial charge in [0, 0.05) is 17.2 Å². The van der Waals surface area contributed by atoms with Crippen LogP contribution in [0, 0.1) is 6.92 Å². The third kappa shape index (κ3) is 4.22. The van der Waals surface area contributed by atoms with Crippen LogP contribution in [0.15, 0.2) is 52.7 Å². The molecular formula is C17H16N2OS3. The molecule has 1 N–H and O–H groups in total. The number of amides is 1. The molecule has 0 atom stereocenters. The van der Waals surface area contributed by atoms with E-state index in [1.807, 2.05) is 42.6 Å². The van der Waals surface area contributed by atoms with Crippen LogP contribution in [0.4, 0.5) is 0 Å². The monoisotopic (exact) mass is 360 g/mol. The first kappa shape index (κ1) is 16.2. The average Bonchev–Trinajstić information content (AvgIpc) is 3.21. The van der Waals surface area contributed by atoms with Crippen molar-refractivity contribution in [2.24, 2.45) is 0 Å². The number of thiazole rings is 1. The zero-order valence-corrected chi connectivity index (χ0v) is 15.1. The summed E-state index contributed by atoms with van der Waals surface area (Å²) in [7, 11) is 0. The quantitative estimate of drug-likeness (QED) is 0.512. The van der Waals surface area contributed by atoms with Crippen LogP contribution in [-0.4, -0.2) is 23.2 Å². The summed E-state index contributed by atoms with van der Waals surface area (Å²) in [6, 6.07) is 14.2. The summed E-state index contributed by atoms with van der Waals surface area (Å²) in [6.45, 7) is 2.53. The molecule has 1 aromatic carbocycles. The minimum Gasteiger partial charge on any atom is -0.350 e. The first-order valence-corrected chi connectivity index (χ1v) is 9.89. The highest BCUT2D eigenvalue weighted by molar-refractivity contribution is 7.99. The Bertz CT molecular complexity index is 767. The van der Waals surface area contributed by atoms with Crippen LogP contribution in [-0.2, 0) is 0 Å². The molecule has 3 rings (SSSR count). The number of aromatic nitrogens is 1. The molecule has 23 heavy (non-hydrogen) atoms. The van der Waals surface area contributed by atoms with Gasteiger partial charge in [-0.05, 0) is 30.5 Å². The van der Waals surface area contributed by atoms with Gasteiger partial charge < -0.3 is 5.32 Å². The molecule has 0 saturated heterocycles. The van der Waals surface area contributed by atoms with Gasteiger partial charge in [-0.25, -0.2) is 4.98 Å². The highest BCUT2D eigenvalue weighted by Crippen LogP contribution is 2.30. The van der Waals surface area contributed by atoms with Crippen LogP contribution in [0.1, 0.15) is 15.4 Å². The normalized spacial score (nSPS) is 10.7. The Morgan fingerprint density at radius 1 is 1.22 bits per heavy atom. The molecule has 6 heteroatoms. The standard InChI is InChI=1S/C17H16N2OS3/c1-12-15(23-17(19-12)14-8-5-10-22-14)16(20)18-9-11-21-13-6-3-2-4-7-13/h2-8,10H,9,11H2,1H3,(H,18,20). The van der Waals surface area contributed by atoms with Crippen molar-refractivity contribution < 1.29 is 4.79 Å². The molecule has 0 spiro atoms. The number of carbonyl (C=O) groups is 1. The van der Waals surface area contributed by atoms with Gasteiger partial charge in [-0.2, -0.15) is 0 Å². The van der Waals surface area contributed by atoms with Crippen LogP contribution >= 0.6 is 34.4 Å². The first-order valence-electron chi connectivity index (χ1n) is 7.21. The fraction of sp³-hybridized carbons (Fsp3) is 0.176. The number of aryl methyl sites for hydroxylation is 1. The minimum atomic E-state index is -0.0310. The zero-order valence-electron chi connectivity index (χ0n) is 12.6. The topological polar surface area (TPSA) is 42.0 Å². The van der Waals surface area contributed by atoms with E-state index in [0.717, 1.165) is 21.3 Å². The maximum absolute atomic E-state index is 12.3. The fourth-order valence-electron chi connectivity index (χ4n) is 2.04. The van der Waals surface area contributed by atoms with Gasteiger partial charge in [0.1, 0.15) is 9.88 Å². The molecule has 0 radical (unpaired) electrons. The van der Waals surface area contributed by atoms with Crippen molar-refractivity contribution in [1.29, 1.82) is 0 Å². The molecule has 0 saturated carbocycles. The van der Waals surface area contributed by atoms with Crippen molar-refractivity contribution in [3.8, 4) is 9.88 Å². The van der Waals surface area contributed by atoms with Crippen molar-refractivity contribution in [1.82, 2.24) is 10.3 Å². The molecule has 3 nitrogen and oxygen atoms in total. The lowest BCUT2D eigenvalue weighted by molar-refractivity contribution is 0.0959.